The van der Waals surface area contributed by atoms with Crippen molar-refractivity contribution in [2.24, 2.45) is 23.7 Å². The predicted molar refractivity (Wildman–Crippen MR) is 61.3 cm³/mol. The monoisotopic (exact) mass is 272 g/mol. The fraction of sp³-hybridized carbons (Fsp3) is 1.00. The molecule has 4 heteroatoms. The minimum absolute atomic E-state index is 0.432. The zero-order chi connectivity index (χ0) is 10.1. The van der Waals surface area contributed by atoms with Crippen LogP contribution in [0.1, 0.15) is 25.7 Å². The lowest BCUT2D eigenvalue weighted by Gasteiger charge is -2.02. The molecule has 0 saturated heterocycles. The lowest BCUT2D eigenvalue weighted by molar-refractivity contribution is 0.468. The average Bonchev–Trinajstić information content (AvgIpc) is 2.67. The van der Waals surface area contributed by atoms with Gasteiger partial charge in [-0.1, -0.05) is 0 Å². The molecule has 3 fully saturated rings. The Morgan fingerprint density at radius 3 is 1.00 bits per heavy atom. The van der Waals surface area contributed by atoms with E-state index in [0.717, 1.165) is 25.7 Å². The first kappa shape index (κ1) is 10.3. The van der Waals surface area contributed by atoms with E-state index in [1.165, 1.54) is 0 Å². The maximum absolute atomic E-state index is 6.19. The van der Waals surface area contributed by atoms with E-state index >= 15 is 0 Å². The lowest BCUT2D eigenvalue weighted by Crippen LogP contribution is -1.95. The Balaban J connectivity index is 1.71. The summed E-state index contributed by atoms with van der Waals surface area (Å²) in [4.78, 5) is 0. The second-order valence-electron chi connectivity index (χ2n) is 4.93. The van der Waals surface area contributed by atoms with Crippen molar-refractivity contribution < 1.29 is 0 Å². The molecule has 0 bridgehead atoms. The Hall–Kier alpha value is 1.16. The zero-order valence-electron chi connectivity index (χ0n) is 7.65. The number of halogens is 4. The first-order valence-electron chi connectivity index (χ1n) is 5.21. The van der Waals surface area contributed by atoms with Gasteiger partial charge in [0.2, 0.25) is 0 Å². The fourth-order valence-corrected chi connectivity index (χ4v) is 5.05. The van der Waals surface area contributed by atoms with Crippen LogP contribution in [0.5, 0.6) is 0 Å². The molecular formula is C10H12Cl4. The molecule has 3 rings (SSSR count). The normalized spacial score (nSPS) is 52.3. The first-order chi connectivity index (χ1) is 6.45. The molecule has 0 N–H and O–H groups in total. The summed E-state index contributed by atoms with van der Waals surface area (Å²) in [6.07, 6.45) is 4.39. The molecule has 3 aliphatic rings. The highest BCUT2D eigenvalue weighted by Gasteiger charge is 2.68. The van der Waals surface area contributed by atoms with E-state index < -0.39 is 8.67 Å². The van der Waals surface area contributed by atoms with E-state index in [-0.39, 0.29) is 0 Å². The Bertz CT molecular complexity index is 221. The van der Waals surface area contributed by atoms with E-state index in [9.17, 15) is 0 Å². The molecule has 0 radical (unpaired) electrons. The highest BCUT2D eigenvalue weighted by Crippen LogP contribution is 2.70. The molecule has 0 amide bonds. The third-order valence-corrected chi connectivity index (χ3v) is 6.55. The van der Waals surface area contributed by atoms with Gasteiger partial charge in [0, 0.05) is 0 Å². The van der Waals surface area contributed by atoms with Crippen molar-refractivity contribution in [2.45, 2.75) is 34.3 Å². The van der Waals surface area contributed by atoms with Gasteiger partial charge in [0.1, 0.15) is 8.67 Å². The van der Waals surface area contributed by atoms with E-state index in [4.69, 9.17) is 46.4 Å². The maximum Gasteiger partial charge on any atom is 0.124 e. The van der Waals surface area contributed by atoms with Gasteiger partial charge in [0.15, 0.2) is 0 Å². The summed E-state index contributed by atoms with van der Waals surface area (Å²) in [5, 5.41) is 0. The van der Waals surface area contributed by atoms with Crippen molar-refractivity contribution in [1.82, 2.24) is 0 Å². The lowest BCUT2D eigenvalue weighted by atomic mass is 10.0. The largest absolute Gasteiger partial charge is 0.124 e. The van der Waals surface area contributed by atoms with E-state index in [1.54, 1.807) is 0 Å². The number of fused-ring (bicyclic) bond motifs is 2. The number of hydrogen-bond acceptors (Lipinski definition) is 0. The van der Waals surface area contributed by atoms with E-state index in [2.05, 4.69) is 0 Å². The van der Waals surface area contributed by atoms with Crippen LogP contribution in [0.15, 0.2) is 0 Å². The molecular weight excluding hydrogens is 262 g/mol. The van der Waals surface area contributed by atoms with Crippen molar-refractivity contribution in [3.8, 4) is 0 Å². The van der Waals surface area contributed by atoms with Gasteiger partial charge in [-0.15, -0.1) is 46.4 Å². The minimum atomic E-state index is -0.432. The van der Waals surface area contributed by atoms with Crippen molar-refractivity contribution in [3.63, 3.8) is 0 Å². The quantitative estimate of drug-likeness (QED) is 0.574. The van der Waals surface area contributed by atoms with Crippen LogP contribution in [0, 0.1) is 23.7 Å². The average molecular weight is 274 g/mol. The molecule has 0 unspecified atom stereocenters. The molecule has 14 heavy (non-hydrogen) atoms. The number of rotatable bonds is 0. The first-order valence-corrected chi connectivity index (χ1v) is 6.72. The van der Waals surface area contributed by atoms with Crippen LogP contribution in [0.3, 0.4) is 0 Å². The molecule has 4 atom stereocenters. The summed E-state index contributed by atoms with van der Waals surface area (Å²) >= 11 is 24.8. The van der Waals surface area contributed by atoms with Crippen molar-refractivity contribution >= 4 is 46.4 Å². The Labute approximate surface area is 104 Å². The van der Waals surface area contributed by atoms with Crippen LogP contribution >= 0.6 is 46.4 Å². The second-order valence-corrected chi connectivity index (χ2v) is 7.82. The van der Waals surface area contributed by atoms with Crippen LogP contribution in [-0.4, -0.2) is 8.67 Å². The standard InChI is InChI=1S/C10H12Cl4/c11-9(12)5-1-2-6-8(10(6,13)14)4-3-7(5)9/h5-8H,1-4H2/t5-,6+,7-,8+. The number of alkyl halides is 4. The zero-order valence-corrected chi connectivity index (χ0v) is 10.7. The van der Waals surface area contributed by atoms with Gasteiger partial charge >= 0.3 is 0 Å². The summed E-state index contributed by atoms with van der Waals surface area (Å²) in [5.74, 6) is 1.99. The summed E-state index contributed by atoms with van der Waals surface area (Å²) in [6.45, 7) is 0. The summed E-state index contributed by atoms with van der Waals surface area (Å²) in [6, 6.07) is 0. The van der Waals surface area contributed by atoms with Gasteiger partial charge in [-0.25, -0.2) is 0 Å². The van der Waals surface area contributed by atoms with E-state index in [1.807, 2.05) is 0 Å². The second kappa shape index (κ2) is 2.88. The van der Waals surface area contributed by atoms with Gasteiger partial charge in [0.25, 0.3) is 0 Å². The van der Waals surface area contributed by atoms with Crippen molar-refractivity contribution in [3.05, 3.63) is 0 Å². The SMILES string of the molecule is ClC1(Cl)[C@@H]2CC[C@H]3[C@H](CC[C@H]21)C3(Cl)Cl. The molecule has 0 aromatic carbocycles. The predicted octanol–water partition coefficient (Wildman–Crippen LogP) is 4.40. The van der Waals surface area contributed by atoms with Crippen LogP contribution in [0.4, 0.5) is 0 Å². The molecule has 80 valence electrons. The Morgan fingerprint density at radius 2 is 0.786 bits per heavy atom. The molecule has 0 aromatic heterocycles. The molecule has 3 saturated carbocycles. The highest BCUT2D eigenvalue weighted by atomic mass is 35.5. The molecule has 0 nitrogen and oxygen atoms in total. The maximum atomic E-state index is 6.19. The molecule has 0 aromatic rings. The molecule has 0 aliphatic heterocycles. The van der Waals surface area contributed by atoms with Gasteiger partial charge < -0.3 is 0 Å². The minimum Gasteiger partial charge on any atom is -0.101 e. The van der Waals surface area contributed by atoms with Crippen molar-refractivity contribution in [1.29, 1.82) is 0 Å². The van der Waals surface area contributed by atoms with Crippen LogP contribution in [0.2, 0.25) is 0 Å². The van der Waals surface area contributed by atoms with Crippen LogP contribution in [-0.2, 0) is 0 Å². The van der Waals surface area contributed by atoms with Gasteiger partial charge in [-0.2, -0.15) is 0 Å². The highest BCUT2D eigenvalue weighted by molar-refractivity contribution is 6.52. The van der Waals surface area contributed by atoms with Gasteiger partial charge in [0.05, 0.1) is 0 Å². The topological polar surface area (TPSA) is 0 Å². The van der Waals surface area contributed by atoms with Gasteiger partial charge in [-0.3, -0.25) is 0 Å². The Kier molecular flexibility index (Phi) is 2.13. The van der Waals surface area contributed by atoms with Gasteiger partial charge in [-0.05, 0) is 49.4 Å². The van der Waals surface area contributed by atoms with Crippen LogP contribution in [0.25, 0.3) is 0 Å². The third kappa shape index (κ3) is 1.27. The summed E-state index contributed by atoms with van der Waals surface area (Å²) in [5.41, 5.74) is 0. The summed E-state index contributed by atoms with van der Waals surface area (Å²) < 4.78 is -0.865. The number of hydrogen-bond donors (Lipinski definition) is 0. The van der Waals surface area contributed by atoms with Crippen LogP contribution < -0.4 is 0 Å². The Morgan fingerprint density at radius 1 is 0.571 bits per heavy atom. The molecule has 0 spiro atoms. The molecule has 0 heterocycles. The van der Waals surface area contributed by atoms with E-state index in [0.29, 0.717) is 23.7 Å². The molecule has 3 aliphatic carbocycles. The fourth-order valence-electron chi connectivity index (χ4n) is 3.21. The summed E-state index contributed by atoms with van der Waals surface area (Å²) in [7, 11) is 0. The van der Waals surface area contributed by atoms with Crippen molar-refractivity contribution in [2.75, 3.05) is 0 Å². The third-order valence-electron chi connectivity index (χ3n) is 4.31. The smallest absolute Gasteiger partial charge is 0.101 e.